The molecule has 0 aromatic heterocycles. The van der Waals surface area contributed by atoms with Gasteiger partial charge in [0.05, 0.1) is 0 Å². The standard InChI is InChI=1S/C14H23N3O3/c1-3-6-16(10-13(18)19)14(20)17-9-12-5-4-7-15(12)8-11(17)2/h3,11-12H,1,4-10H2,2H3,(H,18,19). The Labute approximate surface area is 119 Å². The molecule has 6 heteroatoms. The molecule has 2 aliphatic rings. The van der Waals surface area contributed by atoms with Gasteiger partial charge in [-0.25, -0.2) is 4.79 Å². The van der Waals surface area contributed by atoms with Crippen molar-refractivity contribution < 1.29 is 14.7 Å². The third kappa shape index (κ3) is 3.12. The van der Waals surface area contributed by atoms with Crippen LogP contribution in [-0.4, -0.2) is 76.6 Å². The van der Waals surface area contributed by atoms with Gasteiger partial charge in [0.2, 0.25) is 0 Å². The molecule has 6 nitrogen and oxygen atoms in total. The van der Waals surface area contributed by atoms with Crippen LogP contribution in [0.3, 0.4) is 0 Å². The molecule has 0 bridgehead atoms. The summed E-state index contributed by atoms with van der Waals surface area (Å²) in [7, 11) is 0. The number of carboxylic acids is 1. The monoisotopic (exact) mass is 281 g/mol. The van der Waals surface area contributed by atoms with Gasteiger partial charge in [0, 0.05) is 31.7 Å². The molecule has 0 saturated carbocycles. The molecule has 0 radical (unpaired) electrons. The highest BCUT2D eigenvalue weighted by atomic mass is 16.4. The normalized spacial score (nSPS) is 26.1. The molecule has 0 aromatic rings. The molecule has 2 amide bonds. The molecule has 0 spiro atoms. The molecular formula is C14H23N3O3. The summed E-state index contributed by atoms with van der Waals surface area (Å²) in [4.78, 5) is 29.0. The van der Waals surface area contributed by atoms with Crippen LogP contribution in [0.5, 0.6) is 0 Å². The SMILES string of the molecule is C=CCN(CC(=O)O)C(=O)N1CC2CCCN2CC1C. The lowest BCUT2D eigenvalue weighted by molar-refractivity contribution is -0.137. The fourth-order valence-electron chi connectivity index (χ4n) is 3.16. The number of hydrogen-bond donors (Lipinski definition) is 1. The van der Waals surface area contributed by atoms with E-state index < -0.39 is 5.97 Å². The number of piperazine rings is 1. The van der Waals surface area contributed by atoms with Gasteiger partial charge < -0.3 is 14.9 Å². The Balaban J connectivity index is 2.05. The van der Waals surface area contributed by atoms with Gasteiger partial charge >= 0.3 is 12.0 Å². The van der Waals surface area contributed by atoms with Crippen molar-refractivity contribution in [2.75, 3.05) is 32.7 Å². The van der Waals surface area contributed by atoms with E-state index in [1.807, 2.05) is 11.8 Å². The highest BCUT2D eigenvalue weighted by Crippen LogP contribution is 2.25. The zero-order valence-electron chi connectivity index (χ0n) is 12.0. The van der Waals surface area contributed by atoms with Gasteiger partial charge in [-0.05, 0) is 26.3 Å². The highest BCUT2D eigenvalue weighted by Gasteiger charge is 2.37. The smallest absolute Gasteiger partial charge is 0.323 e. The van der Waals surface area contributed by atoms with Crippen molar-refractivity contribution in [2.24, 2.45) is 0 Å². The molecule has 2 unspecified atom stereocenters. The summed E-state index contributed by atoms with van der Waals surface area (Å²) in [5.41, 5.74) is 0. The number of carbonyl (C=O) groups is 2. The second kappa shape index (κ2) is 6.26. The Bertz CT molecular complexity index is 399. The maximum absolute atomic E-state index is 12.5. The summed E-state index contributed by atoms with van der Waals surface area (Å²) in [5.74, 6) is -0.993. The number of rotatable bonds is 4. The molecule has 0 aliphatic carbocycles. The Morgan fingerprint density at radius 2 is 2.20 bits per heavy atom. The topological polar surface area (TPSA) is 64.1 Å². The van der Waals surface area contributed by atoms with Gasteiger partial charge in [0.25, 0.3) is 0 Å². The van der Waals surface area contributed by atoms with E-state index in [-0.39, 0.29) is 25.2 Å². The minimum Gasteiger partial charge on any atom is -0.480 e. The van der Waals surface area contributed by atoms with Gasteiger partial charge in [-0.2, -0.15) is 0 Å². The summed E-state index contributed by atoms with van der Waals surface area (Å²) >= 11 is 0. The van der Waals surface area contributed by atoms with Gasteiger partial charge in [0.15, 0.2) is 0 Å². The predicted octanol–water partition coefficient (Wildman–Crippen LogP) is 0.847. The minimum absolute atomic E-state index is 0.123. The number of nitrogens with zero attached hydrogens (tertiary/aromatic N) is 3. The van der Waals surface area contributed by atoms with E-state index in [1.165, 1.54) is 11.3 Å². The zero-order valence-corrected chi connectivity index (χ0v) is 12.0. The highest BCUT2D eigenvalue weighted by molar-refractivity contribution is 5.80. The molecule has 0 aromatic carbocycles. The van der Waals surface area contributed by atoms with Gasteiger partial charge in [-0.15, -0.1) is 6.58 Å². The van der Waals surface area contributed by atoms with Crippen LogP contribution in [0, 0.1) is 0 Å². The van der Waals surface area contributed by atoms with Crippen LogP contribution >= 0.6 is 0 Å². The van der Waals surface area contributed by atoms with Crippen LogP contribution < -0.4 is 0 Å². The molecule has 2 heterocycles. The first kappa shape index (κ1) is 14.8. The quantitative estimate of drug-likeness (QED) is 0.776. The number of hydrogen-bond acceptors (Lipinski definition) is 3. The molecule has 2 aliphatic heterocycles. The molecule has 2 fully saturated rings. The number of carboxylic acid groups (broad SMARTS) is 1. The second-order valence-corrected chi connectivity index (χ2v) is 5.64. The summed E-state index contributed by atoms with van der Waals surface area (Å²) in [6.07, 6.45) is 3.87. The average molecular weight is 281 g/mol. The zero-order chi connectivity index (χ0) is 14.7. The van der Waals surface area contributed by atoms with Crippen LogP contribution in [0.15, 0.2) is 12.7 Å². The Morgan fingerprint density at radius 1 is 1.45 bits per heavy atom. The van der Waals surface area contributed by atoms with Crippen molar-refractivity contribution in [3.8, 4) is 0 Å². The largest absolute Gasteiger partial charge is 0.480 e. The Kier molecular flexibility index (Phi) is 4.65. The molecule has 20 heavy (non-hydrogen) atoms. The summed E-state index contributed by atoms with van der Waals surface area (Å²) < 4.78 is 0. The molecule has 2 rings (SSSR count). The summed E-state index contributed by atoms with van der Waals surface area (Å²) in [5, 5.41) is 8.92. The first-order chi connectivity index (χ1) is 9.52. The lowest BCUT2D eigenvalue weighted by Gasteiger charge is -2.43. The molecular weight excluding hydrogens is 258 g/mol. The van der Waals surface area contributed by atoms with Crippen LogP contribution in [0.2, 0.25) is 0 Å². The number of amides is 2. The third-order valence-corrected chi connectivity index (χ3v) is 4.13. The maximum Gasteiger partial charge on any atom is 0.323 e. The van der Waals surface area contributed by atoms with Gasteiger partial charge in [0.1, 0.15) is 6.54 Å². The average Bonchev–Trinajstić information content (AvgIpc) is 2.83. The van der Waals surface area contributed by atoms with E-state index in [4.69, 9.17) is 5.11 Å². The molecule has 2 saturated heterocycles. The van der Waals surface area contributed by atoms with Crippen molar-refractivity contribution in [1.29, 1.82) is 0 Å². The van der Waals surface area contributed by atoms with E-state index in [0.29, 0.717) is 12.6 Å². The van der Waals surface area contributed by atoms with Crippen LogP contribution in [-0.2, 0) is 4.79 Å². The van der Waals surface area contributed by atoms with Crippen LogP contribution in [0.4, 0.5) is 4.79 Å². The first-order valence-electron chi connectivity index (χ1n) is 7.15. The summed E-state index contributed by atoms with van der Waals surface area (Å²) in [6.45, 7) is 8.31. The van der Waals surface area contributed by atoms with E-state index in [0.717, 1.165) is 19.5 Å². The number of fused-ring (bicyclic) bond motifs is 1. The van der Waals surface area contributed by atoms with Gasteiger partial charge in [-0.3, -0.25) is 9.69 Å². The van der Waals surface area contributed by atoms with Crippen LogP contribution in [0.1, 0.15) is 19.8 Å². The van der Waals surface area contributed by atoms with Crippen molar-refractivity contribution in [1.82, 2.24) is 14.7 Å². The van der Waals surface area contributed by atoms with E-state index in [9.17, 15) is 9.59 Å². The first-order valence-corrected chi connectivity index (χ1v) is 7.15. The Hall–Kier alpha value is -1.56. The lowest BCUT2D eigenvalue weighted by atomic mass is 10.1. The molecule has 112 valence electrons. The fraction of sp³-hybridized carbons (Fsp3) is 0.714. The van der Waals surface area contributed by atoms with E-state index >= 15 is 0 Å². The molecule has 1 N–H and O–H groups in total. The summed E-state index contributed by atoms with van der Waals surface area (Å²) in [6, 6.07) is 0.370. The Morgan fingerprint density at radius 3 is 2.85 bits per heavy atom. The van der Waals surface area contributed by atoms with Crippen molar-refractivity contribution in [3.63, 3.8) is 0 Å². The third-order valence-electron chi connectivity index (χ3n) is 4.13. The number of carbonyl (C=O) groups excluding carboxylic acids is 1. The van der Waals surface area contributed by atoms with Crippen LogP contribution in [0.25, 0.3) is 0 Å². The van der Waals surface area contributed by atoms with Crippen molar-refractivity contribution >= 4 is 12.0 Å². The maximum atomic E-state index is 12.5. The molecule has 2 atom stereocenters. The van der Waals surface area contributed by atoms with Crippen molar-refractivity contribution in [3.05, 3.63) is 12.7 Å². The second-order valence-electron chi connectivity index (χ2n) is 5.64. The number of urea groups is 1. The number of aliphatic carboxylic acids is 1. The predicted molar refractivity (Wildman–Crippen MR) is 75.6 cm³/mol. The fourth-order valence-corrected chi connectivity index (χ4v) is 3.16. The van der Waals surface area contributed by atoms with Crippen molar-refractivity contribution in [2.45, 2.75) is 31.8 Å². The lowest BCUT2D eigenvalue weighted by Crippen LogP contribution is -2.59. The van der Waals surface area contributed by atoms with E-state index in [2.05, 4.69) is 11.5 Å². The minimum atomic E-state index is -0.993. The van der Waals surface area contributed by atoms with E-state index in [1.54, 1.807) is 6.08 Å². The van der Waals surface area contributed by atoms with Gasteiger partial charge in [-0.1, -0.05) is 6.08 Å².